The fourth-order valence-corrected chi connectivity index (χ4v) is 8.94. The Balaban J connectivity index is 1.43. The van der Waals surface area contributed by atoms with Crippen molar-refractivity contribution in [1.82, 2.24) is 0 Å². The van der Waals surface area contributed by atoms with Crippen LogP contribution in [0.15, 0.2) is 24.3 Å². The Labute approximate surface area is 384 Å². The van der Waals surface area contributed by atoms with Crippen molar-refractivity contribution in [2.75, 3.05) is 53.6 Å². The summed E-state index contributed by atoms with van der Waals surface area (Å²) in [4.78, 5) is 49.1. The second-order valence-corrected chi connectivity index (χ2v) is 16.9. The number of hydrogen-bond acceptors (Lipinski definition) is 16. The van der Waals surface area contributed by atoms with E-state index in [0.717, 1.165) is 0 Å². The highest BCUT2D eigenvalue weighted by molar-refractivity contribution is 6.64. The van der Waals surface area contributed by atoms with Crippen LogP contribution in [0.3, 0.4) is 0 Å². The lowest BCUT2D eigenvalue weighted by atomic mass is 9.79. The van der Waals surface area contributed by atoms with Crippen molar-refractivity contribution in [3.63, 3.8) is 0 Å². The van der Waals surface area contributed by atoms with Gasteiger partial charge in [0.25, 0.3) is 21.0 Å². The predicted octanol–water partition coefficient (Wildman–Crippen LogP) is 8.10. The van der Waals surface area contributed by atoms with Crippen LogP contribution in [-0.2, 0) is 19.2 Å². The summed E-state index contributed by atoms with van der Waals surface area (Å²) in [6.45, 7) is 3.70. The Hall–Kier alpha value is -5.68. The normalized spacial score (nSPS) is 19.2. The van der Waals surface area contributed by atoms with Crippen molar-refractivity contribution in [3.05, 3.63) is 68.8 Å². The summed E-state index contributed by atoms with van der Waals surface area (Å²) in [6.07, 6.45) is 0. The first-order chi connectivity index (χ1) is 30.7. The summed E-state index contributed by atoms with van der Waals surface area (Å²) in [7, 11) is 0. The smallest absolute Gasteiger partial charge is 0.259 e. The zero-order valence-electron chi connectivity index (χ0n) is 34.3. The number of halogens is 4. The molecule has 0 saturated heterocycles. The lowest BCUT2D eigenvalue weighted by Crippen LogP contribution is -2.24. The number of benzene rings is 4. The maximum absolute atomic E-state index is 12.3. The monoisotopic (exact) mass is 960 g/mol. The number of rotatable bonds is 12. The molecule has 0 saturated carbocycles. The minimum Gasteiger partial charge on any atom is -0.477 e. The van der Waals surface area contributed by atoms with Crippen molar-refractivity contribution in [2.45, 2.75) is 51.4 Å². The quantitative estimate of drug-likeness (QED) is 0.124. The molecule has 0 radical (unpaired) electrons. The van der Waals surface area contributed by atoms with Crippen molar-refractivity contribution < 1.29 is 76.0 Å². The van der Waals surface area contributed by atoms with Crippen LogP contribution in [0.5, 0.6) is 69.0 Å². The Kier molecular flexibility index (Phi) is 11.8. The van der Waals surface area contributed by atoms with E-state index in [0.29, 0.717) is 44.5 Å². The van der Waals surface area contributed by atoms with Crippen molar-refractivity contribution in [1.29, 1.82) is 0 Å². The lowest BCUT2D eigenvalue weighted by molar-refractivity contribution is -0.114. The van der Waals surface area contributed by atoms with Gasteiger partial charge < -0.3 is 56.8 Å². The van der Waals surface area contributed by atoms with Gasteiger partial charge in [-0.25, -0.2) is 0 Å². The molecule has 336 valence electrons. The Morgan fingerprint density at radius 2 is 0.531 bits per heavy atom. The fourth-order valence-electron chi connectivity index (χ4n) is 8.72. The molecule has 64 heavy (non-hydrogen) atoms. The van der Waals surface area contributed by atoms with Crippen LogP contribution >= 0.6 is 46.4 Å². The molecule has 9 rings (SSSR count). The molecule has 4 aliphatic heterocycles. The first kappa shape index (κ1) is 43.6. The number of carbonyl (C=O) groups excluding carboxylic acids is 4. The summed E-state index contributed by atoms with van der Waals surface area (Å²) in [6, 6.07) is 7.64. The molecule has 0 N–H and O–H groups in total. The largest absolute Gasteiger partial charge is 0.477 e. The molecule has 8 bridgehead atoms. The highest BCUT2D eigenvalue weighted by Gasteiger charge is 2.41. The van der Waals surface area contributed by atoms with Crippen LogP contribution in [0.1, 0.15) is 95.9 Å². The standard InChI is InChI=1S/C44H36Cl4O16/c1-17-21-5-23-18(2)25-7-27-20(4)28-8-26-19(3)24-6-22(17)34-42(54-10-30(46)50)36(24)60-15-62-38(26)44(56-12-32(48)52)40(28)64-16-63-39(27)43(55-11-31(47)51)37(25)61-14-59-35(23)41(53-9-29(45)49)33(21)57-13-58-34/h5-8,17-20H,9-16H2,1-4H3. The van der Waals surface area contributed by atoms with E-state index in [1.807, 2.05) is 52.0 Å². The summed E-state index contributed by atoms with van der Waals surface area (Å²) >= 11 is 23.4. The van der Waals surface area contributed by atoms with Gasteiger partial charge in [0.2, 0.25) is 50.2 Å². The van der Waals surface area contributed by atoms with E-state index in [1.54, 1.807) is 0 Å². The second kappa shape index (κ2) is 17.4. The highest BCUT2D eigenvalue weighted by Crippen LogP contribution is 2.60. The van der Waals surface area contributed by atoms with Crippen LogP contribution in [-0.4, -0.2) is 74.6 Å². The topological polar surface area (TPSA) is 179 Å². The minimum atomic E-state index is -0.786. The zero-order chi connectivity index (χ0) is 45.1. The summed E-state index contributed by atoms with van der Waals surface area (Å²) in [5, 5.41) is -3.14. The SMILES string of the molecule is CC1c2cc3c4c(OCC(=O)Cl)c2OCOc2c1cc1c(c2OCC(=O)Cl)OCOc2c(cc5c(c2OCC(=O)Cl)OCOc2c(cc(c(c2OCC(=O)Cl)OCO4)C3C)C5C)C1C. The Morgan fingerprint density at radius 3 is 0.672 bits per heavy atom. The maximum atomic E-state index is 12.3. The van der Waals surface area contributed by atoms with Crippen LogP contribution in [0.2, 0.25) is 0 Å². The van der Waals surface area contributed by atoms with E-state index in [-0.39, 0.29) is 69.0 Å². The second-order valence-electron chi connectivity index (χ2n) is 15.3. The molecule has 0 spiro atoms. The molecule has 0 amide bonds. The Morgan fingerprint density at radius 1 is 0.375 bits per heavy atom. The van der Waals surface area contributed by atoms with Gasteiger partial charge in [0.15, 0.2) is 72.4 Å². The van der Waals surface area contributed by atoms with Crippen LogP contribution in [0.25, 0.3) is 0 Å². The average molecular weight is 963 g/mol. The molecule has 0 aromatic heterocycles. The summed E-state index contributed by atoms with van der Waals surface area (Å²) in [5.74, 6) is -0.741. The first-order valence-corrected chi connectivity index (χ1v) is 21.3. The Bertz CT molecular complexity index is 2170. The van der Waals surface area contributed by atoms with Gasteiger partial charge in [0, 0.05) is 68.2 Å². The molecule has 0 fully saturated rings. The third-order valence-electron chi connectivity index (χ3n) is 11.7. The highest BCUT2D eigenvalue weighted by atomic mass is 35.5. The van der Waals surface area contributed by atoms with Gasteiger partial charge >= 0.3 is 0 Å². The zero-order valence-corrected chi connectivity index (χ0v) is 37.3. The molecule has 1 aliphatic carbocycles. The van der Waals surface area contributed by atoms with Crippen molar-refractivity contribution in [2.24, 2.45) is 0 Å². The van der Waals surface area contributed by atoms with E-state index in [1.165, 1.54) is 0 Å². The number of carbonyl (C=O) groups is 4. The third-order valence-corrected chi connectivity index (χ3v) is 12.1. The molecule has 20 heteroatoms. The molecule has 4 aromatic carbocycles. The van der Waals surface area contributed by atoms with Gasteiger partial charge in [-0.05, 0) is 70.7 Å². The van der Waals surface area contributed by atoms with E-state index < -0.39 is 98.2 Å². The third kappa shape index (κ3) is 7.63. The lowest BCUT2D eigenvalue weighted by Gasteiger charge is -2.35. The molecule has 0 unspecified atom stereocenters. The molecule has 0 atom stereocenters. The average Bonchev–Trinajstić information content (AvgIpc) is 3.23. The van der Waals surface area contributed by atoms with E-state index in [9.17, 15) is 19.2 Å². The van der Waals surface area contributed by atoms with Crippen LogP contribution in [0.4, 0.5) is 0 Å². The molecule has 5 aliphatic rings. The van der Waals surface area contributed by atoms with Crippen LogP contribution < -0.4 is 56.8 Å². The van der Waals surface area contributed by atoms with Gasteiger partial charge in [-0.3, -0.25) is 19.2 Å². The fraction of sp³-hybridized carbons (Fsp3) is 0.364. The van der Waals surface area contributed by atoms with Gasteiger partial charge in [-0.1, -0.05) is 27.7 Å². The summed E-state index contributed by atoms with van der Waals surface area (Å²) in [5.41, 5.74) is 4.60. The van der Waals surface area contributed by atoms with E-state index in [4.69, 9.17) is 103 Å². The molecule has 4 heterocycles. The number of hydrogen-bond donors (Lipinski definition) is 0. The first-order valence-electron chi connectivity index (χ1n) is 19.8. The summed E-state index contributed by atoms with van der Waals surface area (Å²) < 4.78 is 75.3. The molecular weight excluding hydrogens is 926 g/mol. The number of ether oxygens (including phenoxy) is 12. The van der Waals surface area contributed by atoms with Crippen molar-refractivity contribution >= 4 is 67.4 Å². The van der Waals surface area contributed by atoms with Crippen molar-refractivity contribution in [3.8, 4) is 69.0 Å². The van der Waals surface area contributed by atoms with E-state index in [2.05, 4.69) is 0 Å². The van der Waals surface area contributed by atoms with Gasteiger partial charge in [-0.15, -0.1) is 0 Å². The molecule has 4 aromatic rings. The van der Waals surface area contributed by atoms with Gasteiger partial charge in [-0.2, -0.15) is 0 Å². The maximum Gasteiger partial charge on any atom is 0.259 e. The van der Waals surface area contributed by atoms with Gasteiger partial charge in [0.05, 0.1) is 0 Å². The molecular formula is C44H36Cl4O16. The van der Waals surface area contributed by atoms with E-state index >= 15 is 0 Å². The van der Waals surface area contributed by atoms with Crippen LogP contribution in [0, 0.1) is 0 Å². The van der Waals surface area contributed by atoms with Gasteiger partial charge in [0.1, 0.15) is 0 Å². The predicted molar refractivity (Wildman–Crippen MR) is 226 cm³/mol. The molecule has 16 nitrogen and oxygen atoms in total. The minimum absolute atomic E-state index is 0.0567.